The molecule has 0 unspecified atom stereocenters. The third-order valence-corrected chi connectivity index (χ3v) is 5.69. The van der Waals surface area contributed by atoms with Gasteiger partial charge in [-0.05, 0) is 23.3 Å². The fourth-order valence-electron chi connectivity index (χ4n) is 4.04. The highest BCUT2D eigenvalue weighted by Gasteiger charge is 2.35. The van der Waals surface area contributed by atoms with Crippen LogP contribution in [-0.2, 0) is 24.0 Å². The molecule has 0 fully saturated rings. The van der Waals surface area contributed by atoms with Crippen molar-refractivity contribution < 1.29 is 32.3 Å². The van der Waals surface area contributed by atoms with E-state index in [1.54, 1.807) is 18.2 Å². The highest BCUT2D eigenvalue weighted by Crippen LogP contribution is 2.40. The molecule has 8 heteroatoms. The Morgan fingerprint density at radius 2 is 1.69 bits per heavy atom. The molecule has 0 aliphatic carbocycles. The van der Waals surface area contributed by atoms with E-state index in [1.165, 1.54) is 18.2 Å². The second kappa shape index (κ2) is 10.3. The predicted octanol–water partition coefficient (Wildman–Crippen LogP) is 7.36. The molecule has 0 atom stereocenters. The SMILES string of the molecule is CC(C)c1onc(-c2ccccc2C(F)(F)F)c1COc1cc(CC(=O)O)ccc1-c1ccccc1. The number of hydrogen-bond donors (Lipinski definition) is 1. The van der Waals surface area contributed by atoms with Gasteiger partial charge in [0, 0.05) is 17.0 Å². The van der Waals surface area contributed by atoms with Gasteiger partial charge in [-0.15, -0.1) is 0 Å². The van der Waals surface area contributed by atoms with Gasteiger partial charge in [0.05, 0.1) is 17.5 Å². The maximum atomic E-state index is 13.7. The van der Waals surface area contributed by atoms with E-state index < -0.39 is 17.7 Å². The van der Waals surface area contributed by atoms with E-state index in [9.17, 15) is 23.1 Å². The number of aliphatic carboxylic acids is 1. The smallest absolute Gasteiger partial charge is 0.417 e. The predicted molar refractivity (Wildman–Crippen MR) is 129 cm³/mol. The van der Waals surface area contributed by atoms with Gasteiger partial charge in [-0.25, -0.2) is 0 Å². The summed E-state index contributed by atoms with van der Waals surface area (Å²) in [5.41, 5.74) is 1.68. The van der Waals surface area contributed by atoms with Crippen LogP contribution in [0.4, 0.5) is 13.2 Å². The lowest BCUT2D eigenvalue weighted by Crippen LogP contribution is -2.08. The number of nitrogens with zero attached hydrogens (tertiary/aromatic N) is 1. The van der Waals surface area contributed by atoms with E-state index in [2.05, 4.69) is 5.16 Å². The van der Waals surface area contributed by atoms with Crippen LogP contribution in [0.2, 0.25) is 0 Å². The van der Waals surface area contributed by atoms with E-state index in [0.29, 0.717) is 22.6 Å². The minimum Gasteiger partial charge on any atom is -0.488 e. The summed E-state index contributed by atoms with van der Waals surface area (Å²) in [6.07, 6.45) is -4.77. The lowest BCUT2D eigenvalue weighted by molar-refractivity contribution is -0.137. The molecule has 36 heavy (non-hydrogen) atoms. The molecule has 5 nitrogen and oxygen atoms in total. The number of aromatic nitrogens is 1. The summed E-state index contributed by atoms with van der Waals surface area (Å²) in [5.74, 6) is -0.314. The monoisotopic (exact) mass is 495 g/mol. The largest absolute Gasteiger partial charge is 0.488 e. The molecule has 0 aliphatic heterocycles. The van der Waals surface area contributed by atoms with Gasteiger partial charge in [0.2, 0.25) is 0 Å². The van der Waals surface area contributed by atoms with Crippen LogP contribution in [0.1, 0.15) is 42.2 Å². The molecule has 1 heterocycles. The maximum Gasteiger partial charge on any atom is 0.417 e. The van der Waals surface area contributed by atoms with Crippen molar-refractivity contribution in [3.05, 3.63) is 95.2 Å². The summed E-state index contributed by atoms with van der Waals surface area (Å²) < 4.78 is 52.8. The Hall–Kier alpha value is -4.07. The van der Waals surface area contributed by atoms with Gasteiger partial charge in [-0.2, -0.15) is 13.2 Å². The van der Waals surface area contributed by atoms with Crippen LogP contribution in [0.5, 0.6) is 5.75 Å². The Morgan fingerprint density at radius 3 is 2.36 bits per heavy atom. The average Bonchev–Trinajstić information content (AvgIpc) is 3.26. The molecule has 3 aromatic carbocycles. The summed E-state index contributed by atoms with van der Waals surface area (Å²) in [4.78, 5) is 11.3. The number of benzene rings is 3. The molecule has 0 radical (unpaired) electrons. The molecule has 0 saturated carbocycles. The average molecular weight is 495 g/mol. The minimum atomic E-state index is -4.57. The number of alkyl halides is 3. The van der Waals surface area contributed by atoms with E-state index in [1.807, 2.05) is 44.2 Å². The van der Waals surface area contributed by atoms with Gasteiger partial charge in [-0.1, -0.05) is 79.7 Å². The van der Waals surface area contributed by atoms with Crippen LogP contribution in [0.3, 0.4) is 0 Å². The number of carbonyl (C=O) groups is 1. The molecular weight excluding hydrogens is 471 g/mol. The summed E-state index contributed by atoms with van der Waals surface area (Å²) in [6.45, 7) is 3.59. The molecule has 0 bridgehead atoms. The van der Waals surface area contributed by atoms with Crippen LogP contribution < -0.4 is 4.74 Å². The zero-order valence-corrected chi connectivity index (χ0v) is 19.7. The van der Waals surface area contributed by atoms with Crippen molar-refractivity contribution in [2.24, 2.45) is 0 Å². The normalized spacial score (nSPS) is 11.6. The number of rotatable bonds is 8. The topological polar surface area (TPSA) is 72.6 Å². The standard InChI is InChI=1S/C28H24F3NO4/c1-17(2)27-22(26(32-36-27)21-10-6-7-11-23(21)28(29,30)31)16-35-24-14-18(15-25(33)34)12-13-20(24)19-8-4-3-5-9-19/h3-14,17H,15-16H2,1-2H3,(H,33,34). The summed E-state index contributed by atoms with van der Waals surface area (Å²) in [6, 6.07) is 19.7. The fourth-order valence-corrected chi connectivity index (χ4v) is 4.04. The molecule has 186 valence electrons. The van der Waals surface area contributed by atoms with Crippen LogP contribution in [-0.4, -0.2) is 16.2 Å². The number of halogens is 3. The molecule has 4 rings (SSSR count). The molecular formula is C28H24F3NO4. The molecule has 1 N–H and O–H groups in total. The highest BCUT2D eigenvalue weighted by molar-refractivity contribution is 5.74. The van der Waals surface area contributed by atoms with Crippen LogP contribution in [0, 0.1) is 0 Å². The Kier molecular flexibility index (Phi) is 7.15. The third kappa shape index (κ3) is 5.43. The quantitative estimate of drug-likeness (QED) is 0.277. The van der Waals surface area contributed by atoms with Crippen LogP contribution >= 0.6 is 0 Å². The van der Waals surface area contributed by atoms with Crippen molar-refractivity contribution in [3.8, 4) is 28.1 Å². The zero-order chi connectivity index (χ0) is 25.9. The van der Waals surface area contributed by atoms with E-state index >= 15 is 0 Å². The Bertz CT molecular complexity index is 1360. The van der Waals surface area contributed by atoms with Crippen molar-refractivity contribution in [1.82, 2.24) is 5.16 Å². The van der Waals surface area contributed by atoms with Crippen molar-refractivity contribution in [1.29, 1.82) is 0 Å². The van der Waals surface area contributed by atoms with Gasteiger partial charge >= 0.3 is 12.1 Å². The van der Waals surface area contributed by atoms with Crippen LogP contribution in [0.15, 0.2) is 77.3 Å². The van der Waals surface area contributed by atoms with E-state index in [4.69, 9.17) is 9.26 Å². The third-order valence-electron chi connectivity index (χ3n) is 5.69. The van der Waals surface area contributed by atoms with Gasteiger partial charge in [0.1, 0.15) is 23.8 Å². The molecule has 0 aliphatic rings. The Morgan fingerprint density at radius 1 is 1.00 bits per heavy atom. The number of hydrogen-bond acceptors (Lipinski definition) is 4. The number of carboxylic acid groups (broad SMARTS) is 1. The van der Waals surface area contributed by atoms with E-state index in [0.717, 1.165) is 17.2 Å². The number of ether oxygens (including phenoxy) is 1. The van der Waals surface area contributed by atoms with Crippen molar-refractivity contribution in [2.75, 3.05) is 0 Å². The van der Waals surface area contributed by atoms with Gasteiger partial charge in [0.15, 0.2) is 0 Å². The summed E-state index contributed by atoms with van der Waals surface area (Å²) in [5, 5.41) is 13.2. The van der Waals surface area contributed by atoms with Gasteiger partial charge < -0.3 is 14.4 Å². The highest BCUT2D eigenvalue weighted by atomic mass is 19.4. The lowest BCUT2D eigenvalue weighted by Gasteiger charge is -2.15. The van der Waals surface area contributed by atoms with E-state index in [-0.39, 0.29) is 30.2 Å². The minimum absolute atomic E-state index is 0.0644. The van der Waals surface area contributed by atoms with Crippen molar-refractivity contribution >= 4 is 5.97 Å². The lowest BCUT2D eigenvalue weighted by atomic mass is 9.97. The second-order valence-electron chi connectivity index (χ2n) is 8.63. The maximum absolute atomic E-state index is 13.7. The summed E-state index contributed by atoms with van der Waals surface area (Å²) in [7, 11) is 0. The Labute approximate surface area is 206 Å². The Balaban J connectivity index is 1.77. The molecule has 1 aromatic heterocycles. The summed E-state index contributed by atoms with van der Waals surface area (Å²) >= 11 is 0. The van der Waals surface area contributed by atoms with Crippen molar-refractivity contribution in [2.45, 2.75) is 39.0 Å². The second-order valence-corrected chi connectivity index (χ2v) is 8.63. The first-order chi connectivity index (χ1) is 17.1. The first-order valence-electron chi connectivity index (χ1n) is 11.3. The van der Waals surface area contributed by atoms with Crippen molar-refractivity contribution in [3.63, 3.8) is 0 Å². The first kappa shape index (κ1) is 25.0. The fraction of sp³-hybridized carbons (Fsp3) is 0.214. The zero-order valence-electron chi connectivity index (χ0n) is 19.7. The van der Waals surface area contributed by atoms with Gasteiger partial charge in [-0.3, -0.25) is 4.79 Å². The molecule has 0 spiro atoms. The number of carboxylic acids is 1. The molecule has 0 saturated heterocycles. The molecule has 4 aromatic rings. The molecule has 0 amide bonds. The van der Waals surface area contributed by atoms with Crippen LogP contribution in [0.25, 0.3) is 22.4 Å². The first-order valence-corrected chi connectivity index (χ1v) is 11.3. The van der Waals surface area contributed by atoms with Gasteiger partial charge in [0.25, 0.3) is 0 Å².